The molecule has 246 valence electrons. The Labute approximate surface area is 268 Å². The van der Waals surface area contributed by atoms with Crippen molar-refractivity contribution in [3.63, 3.8) is 0 Å². The Morgan fingerprint density at radius 3 is 2.75 bits per heavy atom. The van der Waals surface area contributed by atoms with Crippen LogP contribution in [0, 0.1) is 30.6 Å². The van der Waals surface area contributed by atoms with Crippen molar-refractivity contribution >= 4 is 29.3 Å². The van der Waals surface area contributed by atoms with Gasteiger partial charge in [-0.2, -0.15) is 11.8 Å². The second-order valence-electron chi connectivity index (χ2n) is 14.2. The molecule has 0 spiro atoms. The fourth-order valence-corrected chi connectivity index (χ4v) is 11.0. The van der Waals surface area contributed by atoms with E-state index in [1.807, 2.05) is 14.0 Å². The van der Waals surface area contributed by atoms with Crippen LogP contribution in [0.5, 0.6) is 0 Å². The van der Waals surface area contributed by atoms with Crippen molar-refractivity contribution in [3.05, 3.63) is 27.4 Å². The maximum absolute atomic E-state index is 13.7. The molecule has 1 aromatic heterocycles. The number of hydrogen-bond acceptors (Lipinski definition) is 7. The number of carbonyl (C=O) groups is 1. The van der Waals surface area contributed by atoms with Crippen molar-refractivity contribution in [1.29, 1.82) is 0 Å². The van der Waals surface area contributed by atoms with Gasteiger partial charge in [-0.3, -0.25) is 14.2 Å². The molecule has 2 saturated carbocycles. The number of piperidine rings is 1. The molecule has 44 heavy (non-hydrogen) atoms. The Balaban J connectivity index is 1.11. The summed E-state index contributed by atoms with van der Waals surface area (Å²) in [7, 11) is 1.99. The third kappa shape index (κ3) is 6.73. The molecule has 5 aliphatic rings. The molecular weight excluding hydrogens is 610 g/mol. The predicted molar refractivity (Wildman–Crippen MR) is 168 cm³/mol. The maximum atomic E-state index is 13.7. The normalized spacial score (nSPS) is 36.9. The highest BCUT2D eigenvalue weighted by atomic mass is 35.5. The summed E-state index contributed by atoms with van der Waals surface area (Å²) in [6, 6.07) is 0.344. The molecule has 2 aliphatic heterocycles. The first-order valence-electron chi connectivity index (χ1n) is 16.4. The first-order valence-corrected chi connectivity index (χ1v) is 17.9. The van der Waals surface area contributed by atoms with Gasteiger partial charge in [0.2, 0.25) is 5.92 Å². The third-order valence-corrected chi connectivity index (χ3v) is 13.1. The monoisotopic (exact) mass is 656 g/mol. The van der Waals surface area contributed by atoms with E-state index < -0.39 is 11.9 Å². The number of halogens is 3. The number of hydrogen-bond donors (Lipinski definition) is 2. The van der Waals surface area contributed by atoms with E-state index in [0.29, 0.717) is 43.6 Å². The molecule has 12 heteroatoms. The molecule has 3 heterocycles. The highest BCUT2D eigenvalue weighted by molar-refractivity contribution is 8.00. The zero-order chi connectivity index (χ0) is 31.3. The van der Waals surface area contributed by atoms with Gasteiger partial charge >= 0.3 is 5.97 Å². The van der Waals surface area contributed by atoms with E-state index in [9.17, 15) is 23.5 Å². The zero-order valence-electron chi connectivity index (χ0n) is 26.0. The van der Waals surface area contributed by atoms with Gasteiger partial charge in [-0.25, -0.2) is 13.8 Å². The van der Waals surface area contributed by atoms with E-state index in [4.69, 9.17) is 21.3 Å². The molecule has 0 amide bonds. The standard InChI is InChI=1S/C32H47ClF2N4O4S/c1-17-10-23(29-28(36-17)25(16-44-29)31(41)42)22-11-20(33)4-7-27(22)43-9-8-39-18(2)37-26-6-5-21(12-24(26)30(39)40)38(3)15-19-13-32(34,35)14-19/h17,19-23,25,27-29,36H,4-16H2,1-3H3,(H,41,42)/t17?,20?,21-,22?,23?,25?,27?,28?,29?/m0/s1. The number of carboxylic acid groups (broad SMARTS) is 1. The van der Waals surface area contributed by atoms with E-state index in [-0.39, 0.29) is 71.0 Å². The lowest BCUT2D eigenvalue weighted by molar-refractivity contribution is -0.142. The Hall–Kier alpha value is -1.27. The smallest absolute Gasteiger partial charge is 0.308 e. The number of nitrogens with one attached hydrogen (secondary N) is 1. The Morgan fingerprint density at radius 1 is 1.25 bits per heavy atom. The van der Waals surface area contributed by atoms with Crippen LogP contribution < -0.4 is 10.9 Å². The number of aliphatic carboxylic acids is 1. The molecule has 0 aromatic carbocycles. The van der Waals surface area contributed by atoms with E-state index in [1.165, 1.54) is 0 Å². The molecule has 2 N–H and O–H groups in total. The summed E-state index contributed by atoms with van der Waals surface area (Å²) in [4.78, 5) is 32.7. The summed E-state index contributed by atoms with van der Waals surface area (Å²) in [5.74, 6) is -1.70. The van der Waals surface area contributed by atoms with Crippen molar-refractivity contribution in [2.24, 2.45) is 23.7 Å². The van der Waals surface area contributed by atoms with Crippen LogP contribution in [0.4, 0.5) is 8.78 Å². The van der Waals surface area contributed by atoms with Gasteiger partial charge in [0, 0.05) is 59.5 Å². The molecule has 9 atom stereocenters. The first kappa shape index (κ1) is 32.7. The van der Waals surface area contributed by atoms with Crippen LogP contribution in [-0.4, -0.2) is 92.3 Å². The minimum atomic E-state index is -2.52. The summed E-state index contributed by atoms with van der Waals surface area (Å²) in [6.07, 6.45) is 5.70. The molecule has 6 rings (SSSR count). The second-order valence-corrected chi connectivity index (χ2v) is 16.1. The lowest BCUT2D eigenvalue weighted by Crippen LogP contribution is -2.57. The quantitative estimate of drug-likeness (QED) is 0.379. The lowest BCUT2D eigenvalue weighted by atomic mass is 9.70. The fourth-order valence-electron chi connectivity index (χ4n) is 8.83. The number of likely N-dealkylation sites (N-methyl/N-ethyl adjacent to an activating group) is 1. The van der Waals surface area contributed by atoms with Crippen molar-refractivity contribution in [3.8, 4) is 0 Å². The second kappa shape index (κ2) is 13.1. The lowest BCUT2D eigenvalue weighted by Gasteiger charge is -2.47. The molecule has 8 unspecified atom stereocenters. The van der Waals surface area contributed by atoms with Gasteiger partial charge in [0.05, 0.1) is 30.9 Å². The Bertz CT molecular complexity index is 1280. The van der Waals surface area contributed by atoms with Crippen LogP contribution in [0.25, 0.3) is 0 Å². The summed E-state index contributed by atoms with van der Waals surface area (Å²) < 4.78 is 35.1. The van der Waals surface area contributed by atoms with Crippen molar-refractivity contribution in [1.82, 2.24) is 19.8 Å². The van der Waals surface area contributed by atoms with Crippen molar-refractivity contribution in [2.75, 3.05) is 26.0 Å². The van der Waals surface area contributed by atoms with Crippen LogP contribution in [0.2, 0.25) is 0 Å². The highest BCUT2D eigenvalue weighted by Crippen LogP contribution is 2.48. The fraction of sp³-hybridized carbons (Fsp3) is 0.844. The molecule has 2 saturated heterocycles. The van der Waals surface area contributed by atoms with Gasteiger partial charge < -0.3 is 20.1 Å². The number of fused-ring (bicyclic) bond motifs is 2. The molecule has 8 nitrogen and oxygen atoms in total. The largest absolute Gasteiger partial charge is 0.481 e. The van der Waals surface area contributed by atoms with Crippen LogP contribution in [0.3, 0.4) is 0 Å². The van der Waals surface area contributed by atoms with Gasteiger partial charge in [-0.05, 0) is 83.6 Å². The Kier molecular flexibility index (Phi) is 9.72. The summed E-state index contributed by atoms with van der Waals surface area (Å²) >= 11 is 8.50. The van der Waals surface area contributed by atoms with E-state index in [0.717, 1.165) is 49.8 Å². The van der Waals surface area contributed by atoms with Gasteiger partial charge in [0.25, 0.3) is 5.56 Å². The van der Waals surface area contributed by atoms with Gasteiger partial charge in [-0.1, -0.05) is 0 Å². The molecular formula is C32H47ClF2N4O4S. The summed E-state index contributed by atoms with van der Waals surface area (Å²) in [5.41, 5.74) is 1.61. The number of rotatable bonds is 9. The van der Waals surface area contributed by atoms with E-state index in [1.54, 1.807) is 16.3 Å². The number of nitrogens with zero attached hydrogens (tertiary/aromatic N) is 3. The number of carboxylic acids is 1. The van der Waals surface area contributed by atoms with Gasteiger partial charge in [0.1, 0.15) is 5.82 Å². The van der Waals surface area contributed by atoms with Crippen molar-refractivity contribution < 1.29 is 23.4 Å². The van der Waals surface area contributed by atoms with E-state index in [2.05, 4.69) is 17.1 Å². The minimum absolute atomic E-state index is 0.0116. The van der Waals surface area contributed by atoms with Gasteiger partial charge in [0.15, 0.2) is 0 Å². The number of aryl methyl sites for hydroxylation is 2. The number of thioether (sulfide) groups is 1. The van der Waals surface area contributed by atoms with Gasteiger partial charge in [-0.15, -0.1) is 11.6 Å². The Morgan fingerprint density at radius 2 is 2.02 bits per heavy atom. The van der Waals surface area contributed by atoms with Crippen LogP contribution in [-0.2, 0) is 28.9 Å². The molecule has 3 aliphatic carbocycles. The molecule has 0 radical (unpaired) electrons. The zero-order valence-corrected chi connectivity index (χ0v) is 27.6. The van der Waals surface area contributed by atoms with Crippen LogP contribution in [0.15, 0.2) is 4.79 Å². The van der Waals surface area contributed by atoms with E-state index >= 15 is 0 Å². The minimum Gasteiger partial charge on any atom is -0.481 e. The maximum Gasteiger partial charge on any atom is 0.308 e. The molecule has 1 aromatic rings. The van der Waals surface area contributed by atoms with Crippen molar-refractivity contribution in [2.45, 2.75) is 119 Å². The topological polar surface area (TPSA) is 96.7 Å². The van der Waals surface area contributed by atoms with Crippen LogP contribution >= 0.6 is 23.4 Å². The average Bonchev–Trinajstić information content (AvgIpc) is 3.38. The first-order chi connectivity index (χ1) is 20.9. The number of alkyl halides is 3. The number of ether oxygens (including phenoxy) is 1. The third-order valence-electron chi connectivity index (χ3n) is 11.1. The SMILES string of the molecule is Cc1nc2c(c(=O)n1CCOC1CCC(Cl)CC1C1CC(C)NC3C(C(=O)O)CSC13)C[C@@H](N(C)CC1CC(F)(F)C1)CC2. The average molecular weight is 657 g/mol. The molecule has 0 bridgehead atoms. The molecule has 4 fully saturated rings. The summed E-state index contributed by atoms with van der Waals surface area (Å²) in [6.45, 7) is 5.48. The number of aromatic nitrogens is 2. The highest BCUT2D eigenvalue weighted by Gasteiger charge is 2.52. The summed E-state index contributed by atoms with van der Waals surface area (Å²) in [5, 5.41) is 13.7. The van der Waals surface area contributed by atoms with Crippen LogP contribution in [0.1, 0.15) is 69.0 Å². The predicted octanol–water partition coefficient (Wildman–Crippen LogP) is 4.36.